The van der Waals surface area contributed by atoms with Gasteiger partial charge in [0.15, 0.2) is 0 Å². The number of imidazole rings is 1. The summed E-state index contributed by atoms with van der Waals surface area (Å²) in [5.41, 5.74) is -0.621. The van der Waals surface area contributed by atoms with Gasteiger partial charge in [0.2, 0.25) is 12.2 Å². The SMILES string of the molecule is O=C(O)CC1(NC(=O)CCn2cnc([N+](=O)[O-])c2)CCC1. The molecule has 1 aromatic heterocycles. The minimum Gasteiger partial charge on any atom is -0.481 e. The zero-order valence-corrected chi connectivity index (χ0v) is 11.3. The van der Waals surface area contributed by atoms with Crippen LogP contribution >= 0.6 is 0 Å². The minimum absolute atomic E-state index is 0.0741. The highest BCUT2D eigenvalue weighted by Crippen LogP contribution is 2.34. The molecule has 0 unspecified atom stereocenters. The number of rotatable bonds is 7. The van der Waals surface area contributed by atoms with Crippen LogP contribution in [0.4, 0.5) is 5.82 Å². The van der Waals surface area contributed by atoms with Crippen LogP contribution in [0.5, 0.6) is 0 Å². The van der Waals surface area contributed by atoms with E-state index in [9.17, 15) is 19.7 Å². The van der Waals surface area contributed by atoms with E-state index in [1.54, 1.807) is 0 Å². The molecule has 1 saturated carbocycles. The standard InChI is InChI=1S/C12H16N4O5/c17-10(14-12(3-1-4-12)6-11(18)19)2-5-15-7-9(13-8-15)16(20)21/h7-8H,1-6H2,(H,14,17)(H,18,19). The summed E-state index contributed by atoms with van der Waals surface area (Å²) >= 11 is 0. The second kappa shape index (κ2) is 5.90. The number of aliphatic carboxylic acids is 1. The maximum atomic E-state index is 11.9. The molecule has 1 amide bonds. The molecule has 0 bridgehead atoms. The summed E-state index contributed by atoms with van der Waals surface area (Å²) in [7, 11) is 0. The Bertz CT molecular complexity index is 564. The summed E-state index contributed by atoms with van der Waals surface area (Å²) in [6, 6.07) is 0. The van der Waals surface area contributed by atoms with Crippen LogP contribution in [-0.4, -0.2) is 37.0 Å². The predicted molar refractivity (Wildman–Crippen MR) is 70.5 cm³/mol. The fourth-order valence-electron chi connectivity index (χ4n) is 2.39. The van der Waals surface area contributed by atoms with Crippen LogP contribution in [0.1, 0.15) is 32.1 Å². The molecule has 1 aliphatic rings. The molecule has 0 spiro atoms. The molecule has 1 fully saturated rings. The van der Waals surface area contributed by atoms with Gasteiger partial charge in [0.05, 0.1) is 12.0 Å². The summed E-state index contributed by atoms with van der Waals surface area (Å²) in [6.07, 6.45) is 4.83. The zero-order chi connectivity index (χ0) is 15.5. The fourth-order valence-corrected chi connectivity index (χ4v) is 2.39. The van der Waals surface area contributed by atoms with E-state index in [0.29, 0.717) is 12.8 Å². The molecule has 0 saturated heterocycles. The lowest BCUT2D eigenvalue weighted by molar-refractivity contribution is -0.389. The molecule has 1 heterocycles. The van der Waals surface area contributed by atoms with Crippen molar-refractivity contribution < 1.29 is 19.6 Å². The number of hydrogen-bond donors (Lipinski definition) is 2. The number of carboxylic acids is 1. The van der Waals surface area contributed by atoms with Crippen molar-refractivity contribution in [3.63, 3.8) is 0 Å². The summed E-state index contributed by atoms with van der Waals surface area (Å²) < 4.78 is 1.46. The predicted octanol–water partition coefficient (Wildman–Crippen LogP) is 0.695. The van der Waals surface area contributed by atoms with Crippen LogP contribution in [0, 0.1) is 10.1 Å². The summed E-state index contributed by atoms with van der Waals surface area (Å²) in [6.45, 7) is 0.260. The highest BCUT2D eigenvalue weighted by Gasteiger charge is 2.40. The Balaban J connectivity index is 1.84. The second-order valence-electron chi connectivity index (χ2n) is 5.23. The molecule has 21 heavy (non-hydrogen) atoms. The van der Waals surface area contributed by atoms with Crippen molar-refractivity contribution in [2.45, 2.75) is 44.2 Å². The van der Waals surface area contributed by atoms with Crippen LogP contribution in [-0.2, 0) is 16.1 Å². The number of carboxylic acid groups (broad SMARTS) is 1. The zero-order valence-electron chi connectivity index (χ0n) is 11.3. The van der Waals surface area contributed by atoms with Gasteiger partial charge in [-0.25, -0.2) is 0 Å². The normalized spacial score (nSPS) is 16.0. The molecular formula is C12H16N4O5. The van der Waals surface area contributed by atoms with Gasteiger partial charge in [-0.2, -0.15) is 0 Å². The highest BCUT2D eigenvalue weighted by molar-refractivity contribution is 5.78. The second-order valence-corrected chi connectivity index (χ2v) is 5.23. The molecule has 0 aliphatic heterocycles. The Kier molecular flexibility index (Phi) is 4.20. The molecule has 1 aromatic rings. The smallest absolute Gasteiger partial charge is 0.381 e. The van der Waals surface area contributed by atoms with Crippen LogP contribution < -0.4 is 5.32 Å². The van der Waals surface area contributed by atoms with Gasteiger partial charge in [0, 0.05) is 13.0 Å². The Morgan fingerprint density at radius 2 is 2.24 bits per heavy atom. The number of aryl methyl sites for hydroxylation is 1. The molecule has 114 valence electrons. The van der Waals surface area contributed by atoms with E-state index in [-0.39, 0.29) is 31.1 Å². The number of nitro groups is 1. The van der Waals surface area contributed by atoms with Crippen molar-refractivity contribution in [3.8, 4) is 0 Å². The van der Waals surface area contributed by atoms with Crippen molar-refractivity contribution in [3.05, 3.63) is 22.6 Å². The number of nitrogens with zero attached hydrogens (tertiary/aromatic N) is 3. The Hall–Kier alpha value is -2.45. The van der Waals surface area contributed by atoms with Gasteiger partial charge >= 0.3 is 11.8 Å². The third kappa shape index (κ3) is 3.77. The van der Waals surface area contributed by atoms with E-state index in [1.165, 1.54) is 17.1 Å². The molecule has 2 N–H and O–H groups in total. The quantitative estimate of drug-likeness (QED) is 0.563. The third-order valence-corrected chi connectivity index (χ3v) is 3.61. The van der Waals surface area contributed by atoms with E-state index < -0.39 is 16.4 Å². The first kappa shape index (κ1) is 14.9. The number of aromatic nitrogens is 2. The lowest BCUT2D eigenvalue weighted by Gasteiger charge is -2.41. The van der Waals surface area contributed by atoms with Gasteiger partial charge in [0.1, 0.15) is 6.20 Å². The summed E-state index contributed by atoms with van der Waals surface area (Å²) in [5.74, 6) is -1.45. The van der Waals surface area contributed by atoms with Gasteiger partial charge in [-0.3, -0.25) is 9.59 Å². The fraction of sp³-hybridized carbons (Fsp3) is 0.583. The lowest BCUT2D eigenvalue weighted by atomic mass is 9.74. The first-order valence-electron chi connectivity index (χ1n) is 6.59. The first-order chi connectivity index (χ1) is 9.90. The van der Waals surface area contributed by atoms with Gasteiger partial charge in [-0.05, 0) is 29.2 Å². The van der Waals surface area contributed by atoms with Crippen LogP contribution in [0.3, 0.4) is 0 Å². The number of carbonyl (C=O) groups is 2. The Morgan fingerprint density at radius 3 is 2.71 bits per heavy atom. The Morgan fingerprint density at radius 1 is 1.52 bits per heavy atom. The molecule has 0 aromatic carbocycles. The van der Waals surface area contributed by atoms with Crippen LogP contribution in [0.15, 0.2) is 12.5 Å². The topological polar surface area (TPSA) is 127 Å². The molecule has 0 radical (unpaired) electrons. The molecule has 1 aliphatic carbocycles. The van der Waals surface area contributed by atoms with E-state index in [0.717, 1.165) is 6.42 Å². The Labute approximate surface area is 120 Å². The van der Waals surface area contributed by atoms with Crippen molar-refractivity contribution in [1.82, 2.24) is 14.9 Å². The lowest BCUT2D eigenvalue weighted by Crippen LogP contribution is -2.54. The average molecular weight is 296 g/mol. The van der Waals surface area contributed by atoms with Crippen molar-refractivity contribution in [2.75, 3.05) is 0 Å². The molecule has 9 nitrogen and oxygen atoms in total. The van der Waals surface area contributed by atoms with E-state index in [1.807, 2.05) is 0 Å². The molecular weight excluding hydrogens is 280 g/mol. The third-order valence-electron chi connectivity index (χ3n) is 3.61. The van der Waals surface area contributed by atoms with Gasteiger partial charge in [-0.1, -0.05) is 0 Å². The van der Waals surface area contributed by atoms with Crippen LogP contribution in [0.25, 0.3) is 0 Å². The molecule has 0 atom stereocenters. The maximum absolute atomic E-state index is 11.9. The van der Waals surface area contributed by atoms with Crippen molar-refractivity contribution >= 4 is 17.7 Å². The average Bonchev–Trinajstić information content (AvgIpc) is 2.82. The first-order valence-corrected chi connectivity index (χ1v) is 6.59. The summed E-state index contributed by atoms with van der Waals surface area (Å²) in [5, 5.41) is 22.1. The molecule has 2 rings (SSSR count). The van der Waals surface area contributed by atoms with Gasteiger partial charge in [0.25, 0.3) is 0 Å². The largest absolute Gasteiger partial charge is 0.481 e. The number of amides is 1. The number of carbonyl (C=O) groups excluding carboxylic acids is 1. The van der Waals surface area contributed by atoms with Crippen LogP contribution in [0.2, 0.25) is 0 Å². The van der Waals surface area contributed by atoms with Gasteiger partial charge in [-0.15, -0.1) is 0 Å². The van der Waals surface area contributed by atoms with Crippen molar-refractivity contribution in [2.24, 2.45) is 0 Å². The highest BCUT2D eigenvalue weighted by atomic mass is 16.6. The van der Waals surface area contributed by atoms with E-state index in [2.05, 4.69) is 10.3 Å². The number of hydrogen-bond acceptors (Lipinski definition) is 5. The molecule has 9 heteroatoms. The number of nitrogens with one attached hydrogen (secondary N) is 1. The van der Waals surface area contributed by atoms with Gasteiger partial charge < -0.3 is 25.1 Å². The summed E-state index contributed by atoms with van der Waals surface area (Å²) in [4.78, 5) is 36.2. The monoisotopic (exact) mass is 296 g/mol. The van der Waals surface area contributed by atoms with E-state index >= 15 is 0 Å². The minimum atomic E-state index is -0.930. The van der Waals surface area contributed by atoms with E-state index in [4.69, 9.17) is 5.11 Å². The van der Waals surface area contributed by atoms with Crippen molar-refractivity contribution in [1.29, 1.82) is 0 Å². The maximum Gasteiger partial charge on any atom is 0.381 e.